The molecule has 1 aliphatic rings. The van der Waals surface area contributed by atoms with Gasteiger partial charge in [0, 0.05) is 25.2 Å². The van der Waals surface area contributed by atoms with Gasteiger partial charge in [-0.05, 0) is 31.9 Å². The molecule has 1 amide bonds. The van der Waals surface area contributed by atoms with Crippen LogP contribution in [-0.2, 0) is 4.79 Å². The van der Waals surface area contributed by atoms with Gasteiger partial charge in [0.25, 0.3) is 0 Å². The average molecular weight is 307 g/mol. The summed E-state index contributed by atoms with van der Waals surface area (Å²) in [6.45, 7) is 4.05. The second-order valence-electron chi connectivity index (χ2n) is 5.89. The molecule has 0 bridgehead atoms. The van der Waals surface area contributed by atoms with Crippen molar-refractivity contribution in [2.45, 2.75) is 25.8 Å². The van der Waals surface area contributed by atoms with E-state index in [1.54, 1.807) is 17.3 Å². The molecule has 0 aliphatic carbocycles. The summed E-state index contributed by atoms with van der Waals surface area (Å²) in [4.78, 5) is 16.2. The Bertz CT molecular complexity index is 677. The van der Waals surface area contributed by atoms with E-state index in [9.17, 15) is 4.79 Å². The molecule has 1 aromatic carbocycles. The molecule has 4 heteroatoms. The van der Waals surface area contributed by atoms with Gasteiger partial charge in [0.15, 0.2) is 0 Å². The van der Waals surface area contributed by atoms with Gasteiger partial charge in [-0.15, -0.1) is 6.42 Å². The van der Waals surface area contributed by atoms with Crippen molar-refractivity contribution in [1.29, 1.82) is 0 Å². The SMILES string of the molecule is C#Cc1ncccc1N1C(=O)CC(C)(C)N1C.c1ccccc1. The predicted octanol–water partition coefficient (Wildman–Crippen LogP) is 3.11. The van der Waals surface area contributed by atoms with Crippen LogP contribution in [-0.4, -0.2) is 28.5 Å². The van der Waals surface area contributed by atoms with Gasteiger partial charge in [0.2, 0.25) is 5.91 Å². The summed E-state index contributed by atoms with van der Waals surface area (Å²) < 4.78 is 0. The maximum atomic E-state index is 12.1. The molecule has 4 nitrogen and oxygen atoms in total. The second-order valence-corrected chi connectivity index (χ2v) is 5.89. The van der Waals surface area contributed by atoms with Gasteiger partial charge < -0.3 is 0 Å². The lowest BCUT2D eigenvalue weighted by molar-refractivity contribution is -0.117. The van der Waals surface area contributed by atoms with Gasteiger partial charge in [-0.3, -0.25) is 4.79 Å². The number of rotatable bonds is 1. The zero-order chi connectivity index (χ0) is 16.9. The quantitative estimate of drug-likeness (QED) is 0.760. The molecule has 1 aliphatic heterocycles. The minimum absolute atomic E-state index is 0.0435. The molecule has 1 fully saturated rings. The van der Waals surface area contributed by atoms with E-state index < -0.39 is 0 Å². The van der Waals surface area contributed by atoms with Crippen LogP contribution in [0.3, 0.4) is 0 Å². The number of aromatic nitrogens is 1. The fraction of sp³-hybridized carbons (Fsp3) is 0.263. The van der Waals surface area contributed by atoms with E-state index >= 15 is 0 Å². The van der Waals surface area contributed by atoms with Crippen molar-refractivity contribution in [1.82, 2.24) is 9.99 Å². The van der Waals surface area contributed by atoms with Crippen LogP contribution >= 0.6 is 0 Å². The Hall–Kier alpha value is -2.64. The molecular weight excluding hydrogens is 286 g/mol. The minimum Gasteiger partial charge on any atom is -0.273 e. The third kappa shape index (κ3) is 3.77. The zero-order valence-corrected chi connectivity index (χ0v) is 13.7. The Kier molecular flexibility index (Phi) is 5.15. The first-order valence-corrected chi connectivity index (χ1v) is 7.46. The maximum absolute atomic E-state index is 12.1. The van der Waals surface area contributed by atoms with Gasteiger partial charge in [-0.25, -0.2) is 15.0 Å². The number of hydrogen-bond acceptors (Lipinski definition) is 3. The van der Waals surface area contributed by atoms with Crippen LogP contribution < -0.4 is 5.01 Å². The molecule has 2 heterocycles. The van der Waals surface area contributed by atoms with Crippen LogP contribution in [0.4, 0.5) is 5.69 Å². The molecule has 23 heavy (non-hydrogen) atoms. The van der Waals surface area contributed by atoms with Crippen LogP contribution in [0.1, 0.15) is 26.0 Å². The van der Waals surface area contributed by atoms with Crippen LogP contribution in [0, 0.1) is 12.3 Å². The van der Waals surface area contributed by atoms with Gasteiger partial charge in [0.1, 0.15) is 5.69 Å². The number of benzene rings is 1. The summed E-state index contributed by atoms with van der Waals surface area (Å²) in [6.07, 6.45) is 7.51. The van der Waals surface area contributed by atoms with Gasteiger partial charge >= 0.3 is 0 Å². The summed E-state index contributed by atoms with van der Waals surface area (Å²) >= 11 is 0. The fourth-order valence-electron chi connectivity index (χ4n) is 2.36. The van der Waals surface area contributed by atoms with Gasteiger partial charge in [-0.2, -0.15) is 0 Å². The van der Waals surface area contributed by atoms with Gasteiger partial charge in [-0.1, -0.05) is 36.4 Å². The number of carbonyl (C=O) groups excluding carboxylic acids is 1. The monoisotopic (exact) mass is 307 g/mol. The Morgan fingerprint density at radius 3 is 2.13 bits per heavy atom. The Morgan fingerprint density at radius 2 is 1.70 bits per heavy atom. The van der Waals surface area contributed by atoms with Crippen molar-refractivity contribution in [3.05, 3.63) is 60.4 Å². The summed E-state index contributed by atoms with van der Waals surface area (Å²) in [5, 5.41) is 3.52. The van der Waals surface area contributed by atoms with E-state index in [-0.39, 0.29) is 11.4 Å². The molecule has 0 saturated carbocycles. The van der Waals surface area contributed by atoms with Crippen molar-refractivity contribution in [3.8, 4) is 12.3 Å². The summed E-state index contributed by atoms with van der Waals surface area (Å²) in [6, 6.07) is 15.6. The topological polar surface area (TPSA) is 36.4 Å². The van der Waals surface area contributed by atoms with Crippen molar-refractivity contribution in [2.75, 3.05) is 12.1 Å². The predicted molar refractivity (Wildman–Crippen MR) is 92.6 cm³/mol. The summed E-state index contributed by atoms with van der Waals surface area (Å²) in [5.41, 5.74) is 0.970. The minimum atomic E-state index is -0.196. The summed E-state index contributed by atoms with van der Waals surface area (Å²) in [5.74, 6) is 2.55. The largest absolute Gasteiger partial charge is 0.273 e. The van der Waals surface area contributed by atoms with E-state index in [2.05, 4.69) is 10.9 Å². The van der Waals surface area contributed by atoms with E-state index in [0.29, 0.717) is 17.8 Å². The van der Waals surface area contributed by atoms with Crippen molar-refractivity contribution < 1.29 is 4.79 Å². The van der Waals surface area contributed by atoms with Gasteiger partial charge in [0.05, 0.1) is 5.69 Å². The number of nitrogens with zero attached hydrogens (tertiary/aromatic N) is 3. The molecule has 1 saturated heterocycles. The molecule has 1 aromatic heterocycles. The molecule has 2 aromatic rings. The number of anilines is 1. The first-order chi connectivity index (χ1) is 11.0. The standard InChI is InChI=1S/C13H15N3O.C6H6/c1-5-10-11(7-6-8-14-10)16-12(17)9-13(2,3)15(16)4;1-2-4-6-5-3-1/h1,6-8H,9H2,2-4H3;1-6H. The van der Waals surface area contributed by atoms with Crippen LogP contribution in [0.25, 0.3) is 0 Å². The smallest absolute Gasteiger partial charge is 0.243 e. The lowest BCUT2D eigenvalue weighted by atomic mass is 10.0. The van der Waals surface area contributed by atoms with Crippen LogP contribution in [0.2, 0.25) is 0 Å². The molecule has 0 unspecified atom stereocenters. The number of amides is 1. The lowest BCUT2D eigenvalue weighted by Gasteiger charge is -2.32. The number of carbonyl (C=O) groups is 1. The highest BCUT2D eigenvalue weighted by Crippen LogP contribution is 2.33. The number of terminal acetylenes is 1. The lowest BCUT2D eigenvalue weighted by Crippen LogP contribution is -2.44. The number of hydrazine groups is 1. The Balaban J connectivity index is 0.000000268. The first kappa shape index (κ1) is 16.7. The molecule has 0 spiro atoms. The van der Waals surface area contributed by atoms with Crippen LogP contribution in [0.15, 0.2) is 54.7 Å². The molecule has 0 radical (unpaired) electrons. The highest BCUT2D eigenvalue weighted by atomic mass is 16.2. The zero-order valence-electron chi connectivity index (χ0n) is 13.7. The Morgan fingerprint density at radius 1 is 1.13 bits per heavy atom. The molecule has 0 atom stereocenters. The molecule has 118 valence electrons. The Labute approximate surface area is 137 Å². The highest BCUT2D eigenvalue weighted by Gasteiger charge is 2.42. The second kappa shape index (κ2) is 7.08. The van der Waals surface area contributed by atoms with Crippen molar-refractivity contribution in [2.24, 2.45) is 0 Å². The molecular formula is C19H21N3O. The van der Waals surface area contributed by atoms with E-state index in [0.717, 1.165) is 0 Å². The highest BCUT2D eigenvalue weighted by molar-refractivity contribution is 5.96. The third-order valence-corrected chi connectivity index (χ3v) is 3.81. The average Bonchev–Trinajstić information content (AvgIpc) is 2.77. The van der Waals surface area contributed by atoms with Crippen molar-refractivity contribution >= 4 is 11.6 Å². The number of hydrogen-bond donors (Lipinski definition) is 0. The maximum Gasteiger partial charge on any atom is 0.243 e. The summed E-state index contributed by atoms with van der Waals surface area (Å²) in [7, 11) is 1.89. The van der Waals surface area contributed by atoms with E-state index in [1.165, 1.54) is 0 Å². The first-order valence-electron chi connectivity index (χ1n) is 7.46. The third-order valence-electron chi connectivity index (χ3n) is 3.81. The fourth-order valence-corrected chi connectivity index (χ4v) is 2.36. The van der Waals surface area contributed by atoms with Crippen molar-refractivity contribution in [3.63, 3.8) is 0 Å². The van der Waals surface area contributed by atoms with E-state index in [1.807, 2.05) is 68.4 Å². The normalized spacial score (nSPS) is 16.4. The molecule has 0 N–H and O–H groups in total. The molecule has 3 rings (SSSR count). The number of pyridine rings is 1. The van der Waals surface area contributed by atoms with E-state index in [4.69, 9.17) is 6.42 Å². The van der Waals surface area contributed by atoms with Crippen LogP contribution in [0.5, 0.6) is 0 Å².